The summed E-state index contributed by atoms with van der Waals surface area (Å²) in [5.74, 6) is -0.311. The van der Waals surface area contributed by atoms with E-state index in [2.05, 4.69) is 10.6 Å². The summed E-state index contributed by atoms with van der Waals surface area (Å²) in [5, 5.41) is 14.1. The van der Waals surface area contributed by atoms with Crippen LogP contribution >= 0.6 is 0 Å². The van der Waals surface area contributed by atoms with Crippen LogP contribution in [0.1, 0.15) is 19.3 Å². The van der Waals surface area contributed by atoms with Crippen LogP contribution in [0.4, 0.5) is 8.78 Å². The lowest BCUT2D eigenvalue weighted by molar-refractivity contribution is -0.124. The molecule has 1 amide bonds. The summed E-state index contributed by atoms with van der Waals surface area (Å²) in [6.45, 7) is 0.379. The van der Waals surface area contributed by atoms with Gasteiger partial charge in [-0.25, -0.2) is 8.78 Å². The number of amides is 1. The van der Waals surface area contributed by atoms with E-state index >= 15 is 0 Å². The quantitative estimate of drug-likeness (QED) is 0.621. The molecular formula is C9H16F2N2O2. The third-order valence-corrected chi connectivity index (χ3v) is 2.40. The van der Waals surface area contributed by atoms with Crippen molar-refractivity contribution in [3.05, 3.63) is 0 Å². The van der Waals surface area contributed by atoms with Gasteiger partial charge in [-0.1, -0.05) is 6.42 Å². The Balaban J connectivity index is 2.22. The Kier molecular flexibility index (Phi) is 4.90. The Morgan fingerprint density at radius 1 is 1.53 bits per heavy atom. The number of piperidine rings is 1. The van der Waals surface area contributed by atoms with E-state index in [4.69, 9.17) is 5.11 Å². The van der Waals surface area contributed by atoms with Crippen molar-refractivity contribution in [3.8, 4) is 0 Å². The minimum absolute atomic E-state index is 0.302. The average molecular weight is 222 g/mol. The molecule has 1 saturated heterocycles. The fourth-order valence-electron chi connectivity index (χ4n) is 1.49. The fraction of sp³-hybridized carbons (Fsp3) is 0.889. The Morgan fingerprint density at radius 3 is 2.80 bits per heavy atom. The first-order chi connectivity index (χ1) is 7.11. The summed E-state index contributed by atoms with van der Waals surface area (Å²) in [4.78, 5) is 11.4. The third-order valence-electron chi connectivity index (χ3n) is 2.40. The summed E-state index contributed by atoms with van der Waals surface area (Å²) in [7, 11) is 0. The zero-order valence-electron chi connectivity index (χ0n) is 8.38. The number of hydrogen-bond acceptors (Lipinski definition) is 3. The number of carbonyl (C=O) groups is 1. The molecule has 1 unspecified atom stereocenters. The molecule has 3 N–H and O–H groups in total. The van der Waals surface area contributed by atoms with Crippen molar-refractivity contribution < 1.29 is 18.7 Å². The molecule has 6 heteroatoms. The standard InChI is InChI=1S/C9H16F2N2O2/c10-8(11)7(14)5-13-9(15)6-3-1-2-4-12-6/h6-8,12,14H,1-5H2,(H,13,15)/t6-,7?/m0/s1. The van der Waals surface area contributed by atoms with Crippen LogP contribution in [0.25, 0.3) is 0 Å². The van der Waals surface area contributed by atoms with Crippen LogP contribution in [0.2, 0.25) is 0 Å². The van der Waals surface area contributed by atoms with Gasteiger partial charge in [-0.2, -0.15) is 0 Å². The number of aliphatic hydroxyl groups excluding tert-OH is 1. The van der Waals surface area contributed by atoms with Gasteiger partial charge in [0.25, 0.3) is 6.43 Å². The van der Waals surface area contributed by atoms with Gasteiger partial charge in [0.05, 0.1) is 6.04 Å². The molecule has 88 valence electrons. The van der Waals surface area contributed by atoms with Crippen LogP contribution < -0.4 is 10.6 Å². The highest BCUT2D eigenvalue weighted by molar-refractivity contribution is 5.81. The van der Waals surface area contributed by atoms with Gasteiger partial charge in [-0.15, -0.1) is 0 Å². The third kappa shape index (κ3) is 4.09. The predicted octanol–water partition coefficient (Wildman–Crippen LogP) is -0.129. The van der Waals surface area contributed by atoms with Crippen LogP contribution in [0.3, 0.4) is 0 Å². The molecule has 0 bridgehead atoms. The predicted molar refractivity (Wildman–Crippen MR) is 50.7 cm³/mol. The molecule has 1 aliphatic rings. The molecule has 1 rings (SSSR count). The van der Waals surface area contributed by atoms with Gasteiger partial charge >= 0.3 is 0 Å². The Labute approximate surface area is 87.0 Å². The molecule has 0 spiro atoms. The van der Waals surface area contributed by atoms with E-state index in [9.17, 15) is 13.6 Å². The zero-order valence-corrected chi connectivity index (χ0v) is 8.38. The molecule has 15 heavy (non-hydrogen) atoms. The van der Waals surface area contributed by atoms with Gasteiger partial charge in [-0.3, -0.25) is 4.79 Å². The van der Waals surface area contributed by atoms with Gasteiger partial charge < -0.3 is 15.7 Å². The van der Waals surface area contributed by atoms with Crippen molar-refractivity contribution in [2.45, 2.75) is 37.8 Å². The zero-order chi connectivity index (χ0) is 11.3. The van der Waals surface area contributed by atoms with E-state index in [1.54, 1.807) is 0 Å². The molecule has 0 aliphatic carbocycles. The second-order valence-corrected chi connectivity index (χ2v) is 3.65. The maximum absolute atomic E-state index is 11.9. The van der Waals surface area contributed by atoms with Crippen LogP contribution in [-0.2, 0) is 4.79 Å². The summed E-state index contributed by atoms with van der Waals surface area (Å²) in [6, 6.07) is -0.302. The SMILES string of the molecule is O=C(NCC(O)C(F)F)[C@@H]1CCCCN1. The molecule has 1 aliphatic heterocycles. The van der Waals surface area contributed by atoms with Gasteiger partial charge in [0, 0.05) is 6.54 Å². The van der Waals surface area contributed by atoms with Crippen LogP contribution in [0, 0.1) is 0 Å². The molecular weight excluding hydrogens is 206 g/mol. The Hall–Kier alpha value is -0.750. The average Bonchev–Trinajstić information content (AvgIpc) is 2.26. The number of hydrogen-bond donors (Lipinski definition) is 3. The number of rotatable bonds is 4. The van der Waals surface area contributed by atoms with Crippen molar-refractivity contribution in [3.63, 3.8) is 0 Å². The highest BCUT2D eigenvalue weighted by atomic mass is 19.3. The van der Waals surface area contributed by atoms with Gasteiger partial charge in [-0.05, 0) is 19.4 Å². The highest BCUT2D eigenvalue weighted by Crippen LogP contribution is 2.07. The molecule has 0 saturated carbocycles. The van der Waals surface area contributed by atoms with Crippen LogP contribution in [0.15, 0.2) is 0 Å². The van der Waals surface area contributed by atoms with Gasteiger partial charge in [0.15, 0.2) is 0 Å². The monoisotopic (exact) mass is 222 g/mol. The van der Waals surface area contributed by atoms with Crippen LogP contribution in [-0.4, -0.2) is 42.7 Å². The summed E-state index contributed by atoms with van der Waals surface area (Å²) in [5.41, 5.74) is 0. The van der Waals surface area contributed by atoms with Crippen molar-refractivity contribution in [2.24, 2.45) is 0 Å². The summed E-state index contributed by atoms with van der Waals surface area (Å²) >= 11 is 0. The number of carbonyl (C=O) groups excluding carboxylic acids is 1. The minimum atomic E-state index is -2.82. The topological polar surface area (TPSA) is 61.4 Å². The number of halogens is 2. The molecule has 0 aromatic carbocycles. The molecule has 1 fully saturated rings. The fourth-order valence-corrected chi connectivity index (χ4v) is 1.49. The lowest BCUT2D eigenvalue weighted by atomic mass is 10.0. The van der Waals surface area contributed by atoms with Crippen molar-refractivity contribution in [1.29, 1.82) is 0 Å². The van der Waals surface area contributed by atoms with Gasteiger partial charge in [0.1, 0.15) is 6.10 Å². The molecule has 0 aromatic heterocycles. The largest absolute Gasteiger partial charge is 0.385 e. The number of aliphatic hydroxyl groups is 1. The van der Waals surface area contributed by atoms with E-state index in [0.29, 0.717) is 0 Å². The number of alkyl halides is 2. The Bertz CT molecular complexity index is 208. The smallest absolute Gasteiger partial charge is 0.265 e. The first-order valence-corrected chi connectivity index (χ1v) is 5.08. The normalized spacial score (nSPS) is 23.9. The van der Waals surface area contributed by atoms with E-state index in [1.807, 2.05) is 0 Å². The summed E-state index contributed by atoms with van der Waals surface area (Å²) in [6.07, 6.45) is -1.88. The van der Waals surface area contributed by atoms with Crippen LogP contribution in [0.5, 0.6) is 0 Å². The minimum Gasteiger partial charge on any atom is -0.385 e. The van der Waals surface area contributed by atoms with Gasteiger partial charge in [0.2, 0.25) is 5.91 Å². The lowest BCUT2D eigenvalue weighted by Crippen LogP contribution is -2.48. The van der Waals surface area contributed by atoms with E-state index in [1.165, 1.54) is 0 Å². The van der Waals surface area contributed by atoms with E-state index in [0.717, 1.165) is 25.8 Å². The molecule has 4 nitrogen and oxygen atoms in total. The number of nitrogens with one attached hydrogen (secondary N) is 2. The second-order valence-electron chi connectivity index (χ2n) is 3.65. The molecule has 0 aromatic rings. The lowest BCUT2D eigenvalue weighted by Gasteiger charge is -2.23. The molecule has 2 atom stereocenters. The van der Waals surface area contributed by atoms with Crippen molar-refractivity contribution >= 4 is 5.91 Å². The van der Waals surface area contributed by atoms with E-state index in [-0.39, 0.29) is 11.9 Å². The van der Waals surface area contributed by atoms with Crippen molar-refractivity contribution in [2.75, 3.05) is 13.1 Å². The molecule has 1 heterocycles. The first-order valence-electron chi connectivity index (χ1n) is 5.08. The van der Waals surface area contributed by atoms with E-state index < -0.39 is 19.1 Å². The maximum atomic E-state index is 11.9. The Morgan fingerprint density at radius 2 is 2.27 bits per heavy atom. The summed E-state index contributed by atoms with van der Waals surface area (Å²) < 4.78 is 23.8. The second kappa shape index (κ2) is 5.97. The highest BCUT2D eigenvalue weighted by Gasteiger charge is 2.22. The first kappa shape index (κ1) is 12.3. The molecule has 0 radical (unpaired) electrons. The van der Waals surface area contributed by atoms with Crippen molar-refractivity contribution in [1.82, 2.24) is 10.6 Å². The maximum Gasteiger partial charge on any atom is 0.265 e.